The molecular weight excluding hydrogens is 362 g/mol. The molecule has 5 nitrogen and oxygen atoms in total. The zero-order valence-corrected chi connectivity index (χ0v) is 17.0. The maximum Gasteiger partial charge on any atom is 0.227 e. The first kappa shape index (κ1) is 19.0. The third-order valence-corrected chi connectivity index (χ3v) is 5.44. The van der Waals surface area contributed by atoms with Crippen LogP contribution in [0.5, 0.6) is 5.75 Å². The summed E-state index contributed by atoms with van der Waals surface area (Å²) in [7, 11) is 1.66. The molecule has 0 fully saturated rings. The van der Waals surface area contributed by atoms with E-state index in [0.29, 0.717) is 13.1 Å². The molecule has 0 saturated heterocycles. The van der Waals surface area contributed by atoms with Gasteiger partial charge in [-0.05, 0) is 54.4 Å². The summed E-state index contributed by atoms with van der Waals surface area (Å²) in [5.41, 5.74) is 3.08. The van der Waals surface area contributed by atoms with Crippen LogP contribution in [0.25, 0.3) is 21.8 Å². The van der Waals surface area contributed by atoms with Gasteiger partial charge in [0.25, 0.3) is 0 Å². The van der Waals surface area contributed by atoms with Crippen molar-refractivity contribution >= 4 is 27.7 Å². The average Bonchev–Trinajstić information content (AvgIpc) is 3.07. The van der Waals surface area contributed by atoms with E-state index in [1.165, 1.54) is 0 Å². The summed E-state index contributed by atoms with van der Waals surface area (Å²) in [6.45, 7) is 5.20. The highest BCUT2D eigenvalue weighted by Crippen LogP contribution is 2.25. The third kappa shape index (κ3) is 3.81. The van der Waals surface area contributed by atoms with Crippen LogP contribution in [0, 0.1) is 6.92 Å². The fourth-order valence-corrected chi connectivity index (χ4v) is 3.71. The van der Waals surface area contributed by atoms with Gasteiger partial charge in [-0.3, -0.25) is 4.79 Å². The van der Waals surface area contributed by atoms with E-state index in [1.807, 2.05) is 62.4 Å². The molecule has 1 aromatic heterocycles. The van der Waals surface area contributed by atoms with Crippen molar-refractivity contribution in [2.45, 2.75) is 26.3 Å². The van der Waals surface area contributed by atoms with Crippen molar-refractivity contribution in [1.29, 1.82) is 0 Å². The highest BCUT2D eigenvalue weighted by molar-refractivity contribution is 5.88. The number of carbonyl (C=O) groups excluding carboxylic acids is 1. The van der Waals surface area contributed by atoms with E-state index in [1.54, 1.807) is 7.11 Å². The van der Waals surface area contributed by atoms with Gasteiger partial charge in [-0.15, -0.1) is 0 Å². The number of hydrogen-bond acceptors (Lipinski definition) is 3. The van der Waals surface area contributed by atoms with Crippen LogP contribution < -0.4 is 10.1 Å². The van der Waals surface area contributed by atoms with Gasteiger partial charge in [0.15, 0.2) is 0 Å². The number of amides is 1. The minimum absolute atomic E-state index is 0.0277. The molecule has 0 bridgehead atoms. The van der Waals surface area contributed by atoms with Gasteiger partial charge in [-0.1, -0.05) is 36.4 Å². The molecule has 0 unspecified atom stereocenters. The van der Waals surface area contributed by atoms with Crippen molar-refractivity contribution in [3.8, 4) is 5.75 Å². The SMILES string of the molecule is COc1ccc2cc([C@@H](C)C(=O)NCCn3c(C)nc4ccccc43)ccc2c1. The summed E-state index contributed by atoms with van der Waals surface area (Å²) in [5.74, 6) is 1.60. The zero-order chi connectivity index (χ0) is 20.4. The molecule has 1 atom stereocenters. The van der Waals surface area contributed by atoms with Gasteiger partial charge in [-0.25, -0.2) is 4.98 Å². The molecule has 0 aliphatic heterocycles. The number of imidazole rings is 1. The van der Waals surface area contributed by atoms with Gasteiger partial charge < -0.3 is 14.6 Å². The lowest BCUT2D eigenvalue weighted by atomic mass is 9.97. The Hall–Kier alpha value is -3.34. The van der Waals surface area contributed by atoms with Gasteiger partial charge in [-0.2, -0.15) is 0 Å². The molecule has 0 spiro atoms. The second kappa shape index (κ2) is 7.95. The highest BCUT2D eigenvalue weighted by Gasteiger charge is 2.16. The molecule has 0 aliphatic rings. The Morgan fingerprint density at radius 1 is 1.10 bits per heavy atom. The summed E-state index contributed by atoms with van der Waals surface area (Å²) < 4.78 is 7.42. The number of methoxy groups -OCH3 is 1. The summed E-state index contributed by atoms with van der Waals surface area (Å²) in [4.78, 5) is 17.3. The quantitative estimate of drug-likeness (QED) is 0.533. The molecule has 1 heterocycles. The van der Waals surface area contributed by atoms with Crippen molar-refractivity contribution in [3.63, 3.8) is 0 Å². The number of nitrogens with zero attached hydrogens (tertiary/aromatic N) is 2. The zero-order valence-electron chi connectivity index (χ0n) is 17.0. The summed E-state index contributed by atoms with van der Waals surface area (Å²) >= 11 is 0. The number of nitrogens with one attached hydrogen (secondary N) is 1. The molecule has 4 aromatic rings. The van der Waals surface area contributed by atoms with Crippen molar-refractivity contribution < 1.29 is 9.53 Å². The molecule has 1 N–H and O–H groups in total. The Labute approximate surface area is 170 Å². The number of fused-ring (bicyclic) bond motifs is 2. The summed E-state index contributed by atoms with van der Waals surface area (Å²) in [6, 6.07) is 20.2. The van der Waals surface area contributed by atoms with E-state index in [4.69, 9.17) is 4.74 Å². The number of benzene rings is 3. The van der Waals surface area contributed by atoms with Crippen LogP contribution in [0.1, 0.15) is 24.2 Å². The van der Waals surface area contributed by atoms with E-state index in [2.05, 4.69) is 27.0 Å². The van der Waals surface area contributed by atoms with E-state index in [9.17, 15) is 4.79 Å². The van der Waals surface area contributed by atoms with Crippen LogP contribution in [0.4, 0.5) is 0 Å². The van der Waals surface area contributed by atoms with Crippen LogP contribution in [-0.2, 0) is 11.3 Å². The third-order valence-electron chi connectivity index (χ3n) is 5.44. The average molecular weight is 387 g/mol. The Morgan fingerprint density at radius 2 is 1.86 bits per heavy atom. The molecular formula is C24H25N3O2. The van der Waals surface area contributed by atoms with Crippen LogP contribution in [0.15, 0.2) is 60.7 Å². The smallest absolute Gasteiger partial charge is 0.227 e. The monoisotopic (exact) mass is 387 g/mol. The molecule has 5 heteroatoms. The lowest BCUT2D eigenvalue weighted by Crippen LogP contribution is -2.31. The van der Waals surface area contributed by atoms with Gasteiger partial charge in [0.2, 0.25) is 5.91 Å². The van der Waals surface area contributed by atoms with Crippen molar-refractivity contribution in [2.75, 3.05) is 13.7 Å². The topological polar surface area (TPSA) is 56.1 Å². The van der Waals surface area contributed by atoms with Gasteiger partial charge in [0, 0.05) is 13.1 Å². The van der Waals surface area contributed by atoms with E-state index in [0.717, 1.165) is 38.9 Å². The molecule has 29 heavy (non-hydrogen) atoms. The van der Waals surface area contributed by atoms with Crippen molar-refractivity contribution in [1.82, 2.24) is 14.9 Å². The van der Waals surface area contributed by atoms with E-state index in [-0.39, 0.29) is 11.8 Å². The van der Waals surface area contributed by atoms with Crippen LogP contribution in [0.3, 0.4) is 0 Å². The number of aromatic nitrogens is 2. The first-order valence-electron chi connectivity index (χ1n) is 9.84. The van der Waals surface area contributed by atoms with Crippen molar-refractivity contribution in [2.24, 2.45) is 0 Å². The lowest BCUT2D eigenvalue weighted by molar-refractivity contribution is -0.122. The van der Waals surface area contributed by atoms with Gasteiger partial charge in [0.05, 0.1) is 24.1 Å². The normalized spacial score (nSPS) is 12.2. The van der Waals surface area contributed by atoms with Crippen molar-refractivity contribution in [3.05, 3.63) is 72.1 Å². The second-order valence-corrected chi connectivity index (χ2v) is 7.28. The Morgan fingerprint density at radius 3 is 2.69 bits per heavy atom. The maximum atomic E-state index is 12.7. The molecule has 148 valence electrons. The standard InChI is InChI=1S/C24H25N3O2/c1-16(18-8-9-20-15-21(29-3)11-10-19(20)14-18)24(28)25-12-13-27-17(2)26-22-6-4-5-7-23(22)27/h4-11,14-16H,12-13H2,1-3H3,(H,25,28)/t16-/m1/s1. The summed E-state index contributed by atoms with van der Waals surface area (Å²) in [6.07, 6.45) is 0. The highest BCUT2D eigenvalue weighted by atomic mass is 16.5. The predicted molar refractivity (Wildman–Crippen MR) is 116 cm³/mol. The number of hydrogen-bond donors (Lipinski definition) is 1. The largest absolute Gasteiger partial charge is 0.497 e. The fraction of sp³-hybridized carbons (Fsp3) is 0.250. The maximum absolute atomic E-state index is 12.7. The minimum Gasteiger partial charge on any atom is -0.497 e. The molecule has 1 amide bonds. The fourth-order valence-electron chi connectivity index (χ4n) is 3.71. The van der Waals surface area contributed by atoms with Crippen LogP contribution in [0.2, 0.25) is 0 Å². The molecule has 3 aromatic carbocycles. The van der Waals surface area contributed by atoms with Gasteiger partial charge >= 0.3 is 0 Å². The molecule has 0 saturated carbocycles. The van der Waals surface area contributed by atoms with Gasteiger partial charge in [0.1, 0.15) is 11.6 Å². The Kier molecular flexibility index (Phi) is 5.21. The first-order chi connectivity index (χ1) is 14.1. The number of para-hydroxylation sites is 2. The number of aryl methyl sites for hydroxylation is 1. The Bertz CT molecular complexity index is 1180. The first-order valence-corrected chi connectivity index (χ1v) is 9.84. The second-order valence-electron chi connectivity index (χ2n) is 7.28. The number of ether oxygens (including phenoxy) is 1. The predicted octanol–water partition coefficient (Wildman–Crippen LogP) is 4.43. The van der Waals surface area contributed by atoms with Crippen LogP contribution in [-0.4, -0.2) is 29.1 Å². The van der Waals surface area contributed by atoms with E-state index >= 15 is 0 Å². The molecule has 0 aliphatic carbocycles. The van der Waals surface area contributed by atoms with E-state index < -0.39 is 0 Å². The molecule has 4 rings (SSSR count). The number of carbonyl (C=O) groups is 1. The molecule has 0 radical (unpaired) electrons. The summed E-state index contributed by atoms with van der Waals surface area (Å²) in [5, 5.41) is 5.27. The lowest BCUT2D eigenvalue weighted by Gasteiger charge is -2.14. The number of rotatable bonds is 6. The van der Waals surface area contributed by atoms with Crippen LogP contribution >= 0.6 is 0 Å². The minimum atomic E-state index is -0.220. The Balaban J connectivity index is 1.43.